The SMILES string of the molecule is Nc1nn(-c2nccn3cnnc23)cc1Cl. The first-order valence-corrected chi connectivity index (χ1v) is 4.79. The molecule has 3 heterocycles. The minimum atomic E-state index is 0.255. The number of fused-ring (bicyclic) bond motifs is 1. The molecule has 80 valence electrons. The van der Waals surface area contributed by atoms with Crippen LogP contribution in [0.15, 0.2) is 24.9 Å². The first kappa shape index (κ1) is 9.10. The number of nitrogen functional groups attached to an aromatic ring is 1. The van der Waals surface area contributed by atoms with Gasteiger partial charge in [-0.25, -0.2) is 9.67 Å². The van der Waals surface area contributed by atoms with E-state index >= 15 is 0 Å². The largest absolute Gasteiger partial charge is 0.381 e. The van der Waals surface area contributed by atoms with Crippen molar-refractivity contribution in [2.24, 2.45) is 0 Å². The third-order valence-corrected chi connectivity index (χ3v) is 2.40. The number of halogens is 1. The van der Waals surface area contributed by atoms with Crippen LogP contribution < -0.4 is 5.73 Å². The van der Waals surface area contributed by atoms with Gasteiger partial charge in [0.1, 0.15) is 11.3 Å². The van der Waals surface area contributed by atoms with Crippen LogP contribution in [0.2, 0.25) is 5.02 Å². The van der Waals surface area contributed by atoms with Gasteiger partial charge in [0.15, 0.2) is 11.6 Å². The van der Waals surface area contributed by atoms with Gasteiger partial charge in [-0.3, -0.25) is 4.40 Å². The van der Waals surface area contributed by atoms with E-state index in [1.54, 1.807) is 29.3 Å². The van der Waals surface area contributed by atoms with Gasteiger partial charge >= 0.3 is 0 Å². The lowest BCUT2D eigenvalue weighted by molar-refractivity contribution is 0.845. The van der Waals surface area contributed by atoms with E-state index in [0.717, 1.165) is 0 Å². The van der Waals surface area contributed by atoms with Crippen molar-refractivity contribution in [3.63, 3.8) is 0 Å². The Bertz CT molecular complexity index is 636. The van der Waals surface area contributed by atoms with E-state index in [1.807, 2.05) is 0 Å². The van der Waals surface area contributed by atoms with Gasteiger partial charge in [0.05, 0.1) is 6.20 Å². The fraction of sp³-hybridized carbons (Fsp3) is 0. The third-order valence-electron chi connectivity index (χ3n) is 2.11. The molecule has 0 aromatic carbocycles. The van der Waals surface area contributed by atoms with Crippen molar-refractivity contribution < 1.29 is 0 Å². The predicted octanol–water partition coefficient (Wildman–Crippen LogP) is 0.546. The predicted molar refractivity (Wildman–Crippen MR) is 57.3 cm³/mol. The zero-order chi connectivity index (χ0) is 11.1. The summed E-state index contributed by atoms with van der Waals surface area (Å²) in [5, 5.41) is 12.1. The van der Waals surface area contributed by atoms with E-state index in [-0.39, 0.29) is 5.82 Å². The Hall–Kier alpha value is -2.15. The lowest BCUT2D eigenvalue weighted by Gasteiger charge is -2.00. The fourth-order valence-corrected chi connectivity index (χ4v) is 1.51. The molecule has 2 N–H and O–H groups in total. The fourth-order valence-electron chi connectivity index (χ4n) is 1.38. The van der Waals surface area contributed by atoms with Crippen molar-refractivity contribution in [3.05, 3.63) is 29.9 Å². The summed E-state index contributed by atoms with van der Waals surface area (Å²) in [6.45, 7) is 0. The van der Waals surface area contributed by atoms with Crippen LogP contribution >= 0.6 is 11.6 Å². The van der Waals surface area contributed by atoms with Crippen LogP contribution in [0.3, 0.4) is 0 Å². The van der Waals surface area contributed by atoms with E-state index in [4.69, 9.17) is 17.3 Å². The second kappa shape index (κ2) is 3.17. The van der Waals surface area contributed by atoms with Gasteiger partial charge in [0.2, 0.25) is 5.65 Å². The maximum absolute atomic E-state index is 5.83. The number of hydrogen-bond acceptors (Lipinski definition) is 5. The molecule has 8 heteroatoms. The van der Waals surface area contributed by atoms with Crippen molar-refractivity contribution in [3.8, 4) is 5.82 Å². The van der Waals surface area contributed by atoms with Crippen molar-refractivity contribution in [2.75, 3.05) is 5.73 Å². The van der Waals surface area contributed by atoms with E-state index in [2.05, 4.69) is 20.3 Å². The Morgan fingerprint density at radius 1 is 1.38 bits per heavy atom. The average molecular weight is 236 g/mol. The Morgan fingerprint density at radius 2 is 2.25 bits per heavy atom. The summed E-state index contributed by atoms with van der Waals surface area (Å²) in [4.78, 5) is 4.17. The molecule has 0 aliphatic carbocycles. The highest BCUT2D eigenvalue weighted by molar-refractivity contribution is 6.32. The molecule has 0 radical (unpaired) electrons. The zero-order valence-corrected chi connectivity index (χ0v) is 8.70. The van der Waals surface area contributed by atoms with Crippen LogP contribution in [0.5, 0.6) is 0 Å². The van der Waals surface area contributed by atoms with Crippen LogP contribution in [-0.4, -0.2) is 29.4 Å². The van der Waals surface area contributed by atoms with Gasteiger partial charge < -0.3 is 5.73 Å². The summed E-state index contributed by atoms with van der Waals surface area (Å²) in [5.74, 6) is 0.781. The molecule has 3 aromatic heterocycles. The maximum atomic E-state index is 5.83. The van der Waals surface area contributed by atoms with Crippen LogP contribution in [0.25, 0.3) is 11.5 Å². The Morgan fingerprint density at radius 3 is 3.00 bits per heavy atom. The standard InChI is InChI=1S/C8H6ClN7/c9-5-3-16(14-6(5)10)7-8-13-12-4-15(8)2-1-11-7/h1-4H,(H2,10,14). The molecule has 0 saturated heterocycles. The minimum Gasteiger partial charge on any atom is -0.381 e. The molecule has 3 aromatic rings. The molecule has 0 bridgehead atoms. The van der Waals surface area contributed by atoms with Crippen molar-refractivity contribution in [1.82, 2.24) is 29.4 Å². The molecular formula is C8H6ClN7. The zero-order valence-electron chi connectivity index (χ0n) is 7.95. The quantitative estimate of drug-likeness (QED) is 0.665. The monoisotopic (exact) mass is 235 g/mol. The molecule has 7 nitrogen and oxygen atoms in total. The molecule has 0 fully saturated rings. The first-order chi connectivity index (χ1) is 7.75. The summed E-state index contributed by atoms with van der Waals surface area (Å²) in [7, 11) is 0. The van der Waals surface area contributed by atoms with Gasteiger partial charge in [-0.2, -0.15) is 0 Å². The average Bonchev–Trinajstić information content (AvgIpc) is 2.85. The summed E-state index contributed by atoms with van der Waals surface area (Å²) in [6.07, 6.45) is 6.52. The summed E-state index contributed by atoms with van der Waals surface area (Å²) in [5.41, 5.74) is 6.15. The number of nitrogens with zero attached hydrogens (tertiary/aromatic N) is 6. The number of aromatic nitrogens is 6. The highest BCUT2D eigenvalue weighted by Crippen LogP contribution is 2.19. The normalized spacial score (nSPS) is 11.1. The highest BCUT2D eigenvalue weighted by Gasteiger charge is 2.10. The Kier molecular flexibility index (Phi) is 1.80. The number of rotatable bonds is 1. The van der Waals surface area contributed by atoms with E-state index in [9.17, 15) is 0 Å². The van der Waals surface area contributed by atoms with Crippen molar-refractivity contribution >= 4 is 23.1 Å². The van der Waals surface area contributed by atoms with Crippen LogP contribution in [0.1, 0.15) is 0 Å². The second-order valence-corrected chi connectivity index (χ2v) is 3.53. The van der Waals surface area contributed by atoms with Gasteiger partial charge in [-0.05, 0) is 0 Å². The number of hydrogen-bond donors (Lipinski definition) is 1. The van der Waals surface area contributed by atoms with Crippen molar-refractivity contribution in [2.45, 2.75) is 0 Å². The van der Waals surface area contributed by atoms with Gasteiger partial charge in [-0.15, -0.1) is 15.3 Å². The smallest absolute Gasteiger partial charge is 0.205 e. The first-order valence-electron chi connectivity index (χ1n) is 4.41. The topological polar surface area (TPSA) is 86.9 Å². The summed E-state index contributed by atoms with van der Waals surface area (Å²) in [6, 6.07) is 0. The minimum absolute atomic E-state index is 0.255. The lowest BCUT2D eigenvalue weighted by atomic mass is 10.6. The molecule has 3 rings (SSSR count). The Labute approximate surface area is 94.5 Å². The van der Waals surface area contributed by atoms with Crippen LogP contribution in [-0.2, 0) is 0 Å². The Balaban J connectivity index is 2.29. The molecule has 0 unspecified atom stereocenters. The van der Waals surface area contributed by atoms with Gasteiger partial charge in [-0.1, -0.05) is 11.6 Å². The van der Waals surface area contributed by atoms with E-state index in [0.29, 0.717) is 16.5 Å². The highest BCUT2D eigenvalue weighted by atomic mass is 35.5. The van der Waals surface area contributed by atoms with E-state index < -0.39 is 0 Å². The summed E-state index contributed by atoms with van der Waals surface area (Å²) >= 11 is 5.83. The second-order valence-electron chi connectivity index (χ2n) is 3.12. The number of anilines is 1. The lowest BCUT2D eigenvalue weighted by Crippen LogP contribution is -2.02. The van der Waals surface area contributed by atoms with E-state index in [1.165, 1.54) is 4.68 Å². The third kappa shape index (κ3) is 1.22. The van der Waals surface area contributed by atoms with Crippen LogP contribution in [0.4, 0.5) is 5.82 Å². The molecule has 0 atom stereocenters. The van der Waals surface area contributed by atoms with Gasteiger partial charge in [0.25, 0.3) is 0 Å². The molecular weight excluding hydrogens is 230 g/mol. The molecule has 0 amide bonds. The maximum Gasteiger partial charge on any atom is 0.205 e. The molecule has 0 aliphatic rings. The summed E-state index contributed by atoms with van der Waals surface area (Å²) < 4.78 is 3.20. The molecule has 0 spiro atoms. The molecule has 16 heavy (non-hydrogen) atoms. The molecule has 0 saturated carbocycles. The van der Waals surface area contributed by atoms with Gasteiger partial charge in [0, 0.05) is 12.4 Å². The molecule has 0 aliphatic heterocycles. The van der Waals surface area contributed by atoms with Crippen LogP contribution in [0, 0.1) is 0 Å². The van der Waals surface area contributed by atoms with Crippen molar-refractivity contribution in [1.29, 1.82) is 0 Å². The number of nitrogens with two attached hydrogens (primary N) is 1.